The smallest absolute Gasteiger partial charge is 0.224 e. The van der Waals surface area contributed by atoms with Gasteiger partial charge in [0.2, 0.25) is 11.9 Å². The number of anilines is 3. The van der Waals surface area contributed by atoms with Gasteiger partial charge in [-0.2, -0.15) is 4.98 Å². The van der Waals surface area contributed by atoms with Crippen molar-refractivity contribution < 1.29 is 9.50 Å². The number of benzene rings is 1. The second-order valence-electron chi connectivity index (χ2n) is 6.26. The molecule has 0 unspecified atom stereocenters. The molecule has 146 valence electrons. The first-order valence-corrected chi connectivity index (χ1v) is 8.71. The fraction of sp³-hybridized carbons (Fsp3) is 0.421. The topological polar surface area (TPSA) is 87.9 Å². The van der Waals surface area contributed by atoms with Crippen molar-refractivity contribution in [3.63, 3.8) is 0 Å². The van der Waals surface area contributed by atoms with Crippen molar-refractivity contribution in [2.75, 3.05) is 23.8 Å². The van der Waals surface area contributed by atoms with E-state index in [-0.39, 0.29) is 25.9 Å². The lowest BCUT2D eigenvalue weighted by Crippen LogP contribution is -2.09. The number of imidazole rings is 1. The molecule has 0 saturated carbocycles. The molecule has 3 N–H and O–H groups in total. The van der Waals surface area contributed by atoms with Gasteiger partial charge in [0.1, 0.15) is 11.3 Å². The number of rotatable bonds is 8. The number of aliphatic hydroxyl groups excluding tert-OH is 1. The Bertz CT molecular complexity index is 880. The fourth-order valence-corrected chi connectivity index (χ4v) is 2.67. The number of aliphatic hydroxyl groups is 1. The molecule has 0 aliphatic heterocycles. The van der Waals surface area contributed by atoms with Crippen molar-refractivity contribution in [3.05, 3.63) is 36.3 Å². The molecular weight excluding hydrogens is 347 g/mol. The van der Waals surface area contributed by atoms with Crippen molar-refractivity contribution in [2.24, 2.45) is 0 Å². The van der Waals surface area contributed by atoms with Crippen LogP contribution in [0.3, 0.4) is 0 Å². The van der Waals surface area contributed by atoms with E-state index in [4.69, 9.17) is 5.11 Å². The lowest BCUT2D eigenvalue weighted by Gasteiger charge is -2.14. The first-order valence-electron chi connectivity index (χ1n) is 8.71. The summed E-state index contributed by atoms with van der Waals surface area (Å²) in [6, 6.07) is 6.55. The predicted molar refractivity (Wildman–Crippen MR) is 107 cm³/mol. The van der Waals surface area contributed by atoms with Gasteiger partial charge in [-0.1, -0.05) is 19.6 Å². The maximum absolute atomic E-state index is 14.0. The van der Waals surface area contributed by atoms with Crippen LogP contribution in [0.5, 0.6) is 0 Å². The molecule has 2 aromatic heterocycles. The molecule has 0 saturated heterocycles. The van der Waals surface area contributed by atoms with E-state index in [1.54, 1.807) is 24.4 Å². The van der Waals surface area contributed by atoms with E-state index in [1.807, 2.05) is 18.4 Å². The summed E-state index contributed by atoms with van der Waals surface area (Å²) in [5.41, 5.74) is 1.68. The van der Waals surface area contributed by atoms with Crippen LogP contribution in [0.25, 0.3) is 11.2 Å². The molecule has 1 aromatic carbocycles. The molecule has 0 amide bonds. The van der Waals surface area contributed by atoms with Gasteiger partial charge < -0.3 is 15.7 Å². The molecule has 0 atom stereocenters. The van der Waals surface area contributed by atoms with Crippen LogP contribution in [-0.2, 0) is 0 Å². The number of hydrogen-bond acceptors (Lipinski definition) is 6. The largest absolute Gasteiger partial charge is 0.396 e. The first-order chi connectivity index (χ1) is 12.6. The van der Waals surface area contributed by atoms with Crippen LogP contribution in [0.2, 0.25) is 0 Å². The number of para-hydroxylation sites is 1. The number of unbranched alkanes of at least 4 members (excludes halogenated alkanes) is 1. The second kappa shape index (κ2) is 9.27. The molecule has 2 heterocycles. The maximum atomic E-state index is 14.0. The van der Waals surface area contributed by atoms with Gasteiger partial charge in [-0.25, -0.2) is 14.4 Å². The zero-order chi connectivity index (χ0) is 18.5. The van der Waals surface area contributed by atoms with Crippen molar-refractivity contribution >= 4 is 28.7 Å². The monoisotopic (exact) mass is 374 g/mol. The zero-order valence-corrected chi connectivity index (χ0v) is 14.9. The summed E-state index contributed by atoms with van der Waals surface area (Å²) in [5.74, 6) is 0.689. The number of halogens is 1. The fourth-order valence-electron chi connectivity index (χ4n) is 2.67. The Morgan fingerprint density at radius 2 is 1.96 bits per heavy atom. The summed E-state index contributed by atoms with van der Waals surface area (Å²) in [4.78, 5) is 13.4. The molecule has 0 fully saturated rings. The summed E-state index contributed by atoms with van der Waals surface area (Å²) < 4.78 is 15.9. The Kier molecular flexibility index (Phi) is 7.06. The Balaban J connectivity index is 0.00000261. The second-order valence-corrected chi connectivity index (χ2v) is 6.26. The highest BCUT2D eigenvalue weighted by Crippen LogP contribution is 2.26. The van der Waals surface area contributed by atoms with Crippen LogP contribution in [-0.4, -0.2) is 37.8 Å². The number of hydrogen-bond donors (Lipinski definition) is 3. The highest BCUT2D eigenvalue weighted by atomic mass is 19.1. The molecule has 27 heavy (non-hydrogen) atoms. The van der Waals surface area contributed by atoms with Crippen molar-refractivity contribution in [2.45, 2.75) is 40.2 Å². The highest BCUT2D eigenvalue weighted by Gasteiger charge is 2.17. The number of fused-ring (bicyclic) bond motifs is 1. The Morgan fingerprint density at radius 1 is 1.19 bits per heavy atom. The van der Waals surface area contributed by atoms with Crippen LogP contribution in [0, 0.1) is 5.82 Å². The minimum atomic E-state index is -0.341. The standard InChI is InChI=1S/C18H23FN6O.CH4/c1-12(2)25-16-15(11-21-17(24-16)20-9-5-6-10-26)23-18(25)22-14-8-4-3-7-13(14)19;/h3-4,7-8,11-12,26H,5-6,9-10H2,1-2H3,(H,22,23)(H,20,21,24);1H4. The molecule has 8 heteroatoms. The molecule has 0 radical (unpaired) electrons. The number of aromatic nitrogens is 4. The van der Waals surface area contributed by atoms with E-state index >= 15 is 0 Å². The van der Waals surface area contributed by atoms with Gasteiger partial charge in [0.15, 0.2) is 5.65 Å². The average molecular weight is 374 g/mol. The minimum absolute atomic E-state index is 0. The Hall–Kier alpha value is -2.74. The van der Waals surface area contributed by atoms with Crippen LogP contribution >= 0.6 is 0 Å². The van der Waals surface area contributed by atoms with Crippen molar-refractivity contribution in [1.29, 1.82) is 0 Å². The maximum Gasteiger partial charge on any atom is 0.224 e. The van der Waals surface area contributed by atoms with Gasteiger partial charge in [-0.3, -0.25) is 4.57 Å². The molecule has 3 aromatic rings. The molecule has 3 rings (SSSR count). The van der Waals surface area contributed by atoms with Crippen LogP contribution < -0.4 is 10.6 Å². The molecule has 0 aliphatic rings. The van der Waals surface area contributed by atoms with E-state index in [0.29, 0.717) is 35.3 Å². The third-order valence-electron chi connectivity index (χ3n) is 3.94. The number of nitrogens with one attached hydrogen (secondary N) is 2. The van der Waals surface area contributed by atoms with Crippen LogP contribution in [0.15, 0.2) is 30.5 Å². The van der Waals surface area contributed by atoms with Crippen molar-refractivity contribution in [3.8, 4) is 0 Å². The van der Waals surface area contributed by atoms with Gasteiger partial charge >= 0.3 is 0 Å². The third-order valence-corrected chi connectivity index (χ3v) is 3.94. The summed E-state index contributed by atoms with van der Waals surface area (Å²) in [6.45, 7) is 4.89. The average Bonchev–Trinajstić information content (AvgIpc) is 2.98. The van der Waals surface area contributed by atoms with Gasteiger partial charge in [0.05, 0.1) is 11.9 Å². The van der Waals surface area contributed by atoms with Gasteiger partial charge in [-0.15, -0.1) is 0 Å². The molecule has 7 nitrogen and oxygen atoms in total. The van der Waals surface area contributed by atoms with E-state index in [2.05, 4.69) is 25.6 Å². The summed E-state index contributed by atoms with van der Waals surface area (Å²) in [6.07, 6.45) is 3.22. The highest BCUT2D eigenvalue weighted by molar-refractivity contribution is 5.76. The van der Waals surface area contributed by atoms with Gasteiger partial charge in [0, 0.05) is 19.2 Å². The third kappa shape index (κ3) is 4.71. The summed E-state index contributed by atoms with van der Waals surface area (Å²) in [7, 11) is 0. The molecule has 0 bridgehead atoms. The summed E-state index contributed by atoms with van der Waals surface area (Å²) in [5, 5.41) is 15.0. The number of nitrogens with zero attached hydrogens (tertiary/aromatic N) is 4. The first kappa shape index (κ1) is 20.6. The Morgan fingerprint density at radius 3 is 2.67 bits per heavy atom. The summed E-state index contributed by atoms with van der Waals surface area (Å²) >= 11 is 0. The SMILES string of the molecule is C.CC(C)n1c(Nc2ccccc2F)nc2cnc(NCCCCO)nc21. The van der Waals surface area contributed by atoms with E-state index in [0.717, 1.165) is 12.8 Å². The quantitative estimate of drug-likeness (QED) is 0.514. The van der Waals surface area contributed by atoms with Gasteiger partial charge in [0.25, 0.3) is 0 Å². The molecular formula is C19H27FN6O. The Labute approximate surface area is 158 Å². The lowest BCUT2D eigenvalue weighted by atomic mass is 10.3. The van der Waals surface area contributed by atoms with Crippen LogP contribution in [0.1, 0.15) is 40.2 Å². The predicted octanol–water partition coefficient (Wildman–Crippen LogP) is 4.11. The van der Waals surface area contributed by atoms with Gasteiger partial charge in [-0.05, 0) is 38.8 Å². The van der Waals surface area contributed by atoms with E-state index in [1.165, 1.54) is 6.07 Å². The molecule has 0 aliphatic carbocycles. The minimum Gasteiger partial charge on any atom is -0.396 e. The van der Waals surface area contributed by atoms with Crippen molar-refractivity contribution in [1.82, 2.24) is 19.5 Å². The zero-order valence-electron chi connectivity index (χ0n) is 14.9. The van der Waals surface area contributed by atoms with E-state index < -0.39 is 0 Å². The van der Waals surface area contributed by atoms with Crippen LogP contribution in [0.4, 0.5) is 22.0 Å². The lowest BCUT2D eigenvalue weighted by molar-refractivity contribution is 0.286. The normalized spacial score (nSPS) is 10.9. The molecule has 0 spiro atoms. The van der Waals surface area contributed by atoms with E-state index in [9.17, 15) is 4.39 Å².